The van der Waals surface area contributed by atoms with Crippen LogP contribution in [0, 0.1) is 0 Å². The van der Waals surface area contributed by atoms with Gasteiger partial charge < -0.3 is 14.8 Å². The minimum Gasteiger partial charge on any atom is -0.497 e. The van der Waals surface area contributed by atoms with E-state index in [2.05, 4.69) is 5.32 Å². The van der Waals surface area contributed by atoms with Gasteiger partial charge in [-0.25, -0.2) is 0 Å². The summed E-state index contributed by atoms with van der Waals surface area (Å²) in [6, 6.07) is 14.4. The van der Waals surface area contributed by atoms with Crippen molar-refractivity contribution in [2.24, 2.45) is 0 Å². The van der Waals surface area contributed by atoms with E-state index in [1.165, 1.54) is 0 Å². The highest BCUT2D eigenvalue weighted by atomic mass is 35.5. The standard InChI is InChI=1S/C18H20ClNO3/c1-12(14-4-6-15(19)7-5-14)20-18(21)13(2)23-17-10-8-16(22-3)9-11-17/h4-13H,1-3H3,(H,20,21). The molecule has 0 aromatic heterocycles. The number of ether oxygens (including phenoxy) is 2. The molecule has 2 rings (SSSR count). The molecule has 1 amide bonds. The second kappa shape index (κ2) is 7.88. The van der Waals surface area contributed by atoms with Crippen molar-refractivity contribution in [2.75, 3.05) is 7.11 Å². The molecular weight excluding hydrogens is 314 g/mol. The van der Waals surface area contributed by atoms with Crippen molar-refractivity contribution >= 4 is 17.5 Å². The van der Waals surface area contributed by atoms with Gasteiger partial charge in [-0.3, -0.25) is 4.79 Å². The number of carbonyl (C=O) groups is 1. The molecule has 0 aliphatic rings. The molecule has 0 radical (unpaired) electrons. The van der Waals surface area contributed by atoms with E-state index in [4.69, 9.17) is 21.1 Å². The Labute approximate surface area is 141 Å². The minimum atomic E-state index is -0.599. The molecule has 4 nitrogen and oxygen atoms in total. The maximum atomic E-state index is 12.2. The second-order valence-corrected chi connectivity index (χ2v) is 5.65. The quantitative estimate of drug-likeness (QED) is 0.869. The predicted molar refractivity (Wildman–Crippen MR) is 91.1 cm³/mol. The van der Waals surface area contributed by atoms with E-state index in [0.717, 1.165) is 11.3 Å². The topological polar surface area (TPSA) is 47.6 Å². The highest BCUT2D eigenvalue weighted by Crippen LogP contribution is 2.19. The number of methoxy groups -OCH3 is 1. The van der Waals surface area contributed by atoms with Crippen LogP contribution in [0.15, 0.2) is 48.5 Å². The zero-order valence-electron chi connectivity index (χ0n) is 13.4. The summed E-state index contributed by atoms with van der Waals surface area (Å²) in [5, 5.41) is 3.60. The third-order valence-electron chi connectivity index (χ3n) is 3.47. The lowest BCUT2D eigenvalue weighted by Gasteiger charge is -2.19. The van der Waals surface area contributed by atoms with Crippen LogP contribution in [-0.4, -0.2) is 19.1 Å². The van der Waals surface area contributed by atoms with Crippen LogP contribution >= 0.6 is 11.6 Å². The van der Waals surface area contributed by atoms with Gasteiger partial charge in [-0.05, 0) is 55.8 Å². The van der Waals surface area contributed by atoms with Crippen LogP contribution in [0.4, 0.5) is 0 Å². The van der Waals surface area contributed by atoms with E-state index >= 15 is 0 Å². The lowest BCUT2D eigenvalue weighted by molar-refractivity contribution is -0.127. The summed E-state index contributed by atoms with van der Waals surface area (Å²) in [4.78, 5) is 12.2. The van der Waals surface area contributed by atoms with Crippen LogP contribution in [-0.2, 0) is 4.79 Å². The number of hydrogen-bond acceptors (Lipinski definition) is 3. The fourth-order valence-corrected chi connectivity index (χ4v) is 2.20. The average molecular weight is 334 g/mol. The molecule has 23 heavy (non-hydrogen) atoms. The van der Waals surface area contributed by atoms with E-state index < -0.39 is 6.10 Å². The number of nitrogens with one attached hydrogen (secondary N) is 1. The number of hydrogen-bond donors (Lipinski definition) is 1. The van der Waals surface area contributed by atoms with E-state index in [0.29, 0.717) is 10.8 Å². The molecule has 1 N–H and O–H groups in total. The van der Waals surface area contributed by atoms with Crippen LogP contribution < -0.4 is 14.8 Å². The smallest absolute Gasteiger partial charge is 0.261 e. The van der Waals surface area contributed by atoms with Crippen molar-refractivity contribution in [3.8, 4) is 11.5 Å². The Morgan fingerprint density at radius 2 is 1.57 bits per heavy atom. The first kappa shape index (κ1) is 17.2. The van der Waals surface area contributed by atoms with Gasteiger partial charge in [-0.1, -0.05) is 23.7 Å². The zero-order valence-corrected chi connectivity index (χ0v) is 14.1. The molecule has 2 atom stereocenters. The van der Waals surface area contributed by atoms with Gasteiger partial charge in [0.2, 0.25) is 0 Å². The highest BCUT2D eigenvalue weighted by molar-refractivity contribution is 6.30. The lowest BCUT2D eigenvalue weighted by Crippen LogP contribution is -2.37. The molecular formula is C18H20ClNO3. The summed E-state index contributed by atoms with van der Waals surface area (Å²) in [6.45, 7) is 3.63. The fourth-order valence-electron chi connectivity index (χ4n) is 2.08. The van der Waals surface area contributed by atoms with Gasteiger partial charge in [0.05, 0.1) is 13.2 Å². The summed E-state index contributed by atoms with van der Waals surface area (Å²) in [5.74, 6) is 1.18. The number of rotatable bonds is 6. The molecule has 0 saturated carbocycles. The molecule has 0 spiro atoms. The molecule has 5 heteroatoms. The number of benzene rings is 2. The van der Waals surface area contributed by atoms with Crippen molar-refractivity contribution in [1.82, 2.24) is 5.32 Å². The molecule has 2 aromatic rings. The van der Waals surface area contributed by atoms with Crippen molar-refractivity contribution in [1.29, 1.82) is 0 Å². The normalized spacial score (nSPS) is 13.0. The van der Waals surface area contributed by atoms with Crippen molar-refractivity contribution < 1.29 is 14.3 Å². The molecule has 0 fully saturated rings. The van der Waals surface area contributed by atoms with E-state index in [-0.39, 0.29) is 11.9 Å². The van der Waals surface area contributed by atoms with Gasteiger partial charge in [0.25, 0.3) is 5.91 Å². The van der Waals surface area contributed by atoms with Crippen LogP contribution in [0.25, 0.3) is 0 Å². The van der Waals surface area contributed by atoms with Crippen molar-refractivity contribution in [2.45, 2.75) is 26.0 Å². The Balaban J connectivity index is 1.92. The predicted octanol–water partition coefficient (Wildman–Crippen LogP) is 3.99. The summed E-state index contributed by atoms with van der Waals surface area (Å²) >= 11 is 5.87. The third-order valence-corrected chi connectivity index (χ3v) is 3.72. The largest absolute Gasteiger partial charge is 0.497 e. The van der Waals surface area contributed by atoms with Crippen LogP contribution in [0.5, 0.6) is 11.5 Å². The van der Waals surface area contributed by atoms with Gasteiger partial charge in [0.15, 0.2) is 6.10 Å². The minimum absolute atomic E-state index is 0.123. The number of amides is 1. The summed E-state index contributed by atoms with van der Waals surface area (Å²) < 4.78 is 10.7. The molecule has 0 aliphatic carbocycles. The Hall–Kier alpha value is -2.20. The SMILES string of the molecule is COc1ccc(OC(C)C(=O)NC(C)c2ccc(Cl)cc2)cc1. The van der Waals surface area contributed by atoms with Crippen molar-refractivity contribution in [3.05, 3.63) is 59.1 Å². The van der Waals surface area contributed by atoms with Crippen molar-refractivity contribution in [3.63, 3.8) is 0 Å². The summed E-state index contributed by atoms with van der Waals surface area (Å²) in [5.41, 5.74) is 0.986. The lowest BCUT2D eigenvalue weighted by atomic mass is 10.1. The van der Waals surface area contributed by atoms with Gasteiger partial charge in [0, 0.05) is 5.02 Å². The molecule has 0 heterocycles. The first-order valence-corrected chi connectivity index (χ1v) is 7.74. The third kappa shape index (κ3) is 4.89. The average Bonchev–Trinajstić information content (AvgIpc) is 2.56. The Kier molecular flexibility index (Phi) is 5.88. The summed E-state index contributed by atoms with van der Waals surface area (Å²) in [7, 11) is 1.60. The molecule has 0 saturated heterocycles. The Morgan fingerprint density at radius 3 is 2.13 bits per heavy atom. The molecule has 2 aromatic carbocycles. The second-order valence-electron chi connectivity index (χ2n) is 5.22. The van der Waals surface area contributed by atoms with Crippen LogP contribution in [0.1, 0.15) is 25.5 Å². The Morgan fingerprint density at radius 1 is 1.00 bits per heavy atom. The molecule has 122 valence electrons. The highest BCUT2D eigenvalue weighted by Gasteiger charge is 2.17. The summed E-state index contributed by atoms with van der Waals surface area (Å²) in [6.07, 6.45) is -0.599. The van der Waals surface area contributed by atoms with Crippen LogP contribution in [0.2, 0.25) is 5.02 Å². The fraction of sp³-hybridized carbons (Fsp3) is 0.278. The first-order chi connectivity index (χ1) is 11.0. The van der Waals surface area contributed by atoms with E-state index in [1.807, 2.05) is 19.1 Å². The van der Waals surface area contributed by atoms with Gasteiger partial charge in [0.1, 0.15) is 11.5 Å². The Bertz CT molecular complexity index is 640. The molecule has 2 unspecified atom stereocenters. The zero-order chi connectivity index (χ0) is 16.8. The molecule has 0 aliphatic heterocycles. The number of carbonyl (C=O) groups excluding carboxylic acids is 1. The monoisotopic (exact) mass is 333 g/mol. The number of halogens is 1. The maximum Gasteiger partial charge on any atom is 0.261 e. The first-order valence-electron chi connectivity index (χ1n) is 7.36. The van der Waals surface area contributed by atoms with E-state index in [1.54, 1.807) is 50.4 Å². The maximum absolute atomic E-state index is 12.2. The van der Waals surface area contributed by atoms with Gasteiger partial charge >= 0.3 is 0 Å². The van der Waals surface area contributed by atoms with Gasteiger partial charge in [-0.15, -0.1) is 0 Å². The van der Waals surface area contributed by atoms with E-state index in [9.17, 15) is 4.79 Å². The van der Waals surface area contributed by atoms with Gasteiger partial charge in [-0.2, -0.15) is 0 Å². The molecule has 0 bridgehead atoms. The van der Waals surface area contributed by atoms with Crippen LogP contribution in [0.3, 0.4) is 0 Å².